The highest BCUT2D eigenvalue weighted by Gasteiger charge is 2.21. The number of rotatable bonds is 9. The first-order chi connectivity index (χ1) is 9.02. The maximum absolute atomic E-state index is 12.3. The van der Waals surface area contributed by atoms with Crippen LogP contribution in [0.25, 0.3) is 0 Å². The standard InChI is InChI=1S/C12H24N4O2S/c1-3-4-5-8-15(2)19(17,18)12-10-14-16(11-12)9-6-7-13/h10-11H,3-9,13H2,1-2H3. The van der Waals surface area contributed by atoms with Crippen molar-refractivity contribution in [2.24, 2.45) is 5.73 Å². The Morgan fingerprint density at radius 3 is 2.74 bits per heavy atom. The van der Waals surface area contributed by atoms with E-state index in [0.717, 1.165) is 25.7 Å². The number of hydrogen-bond acceptors (Lipinski definition) is 4. The number of unbranched alkanes of at least 4 members (excludes halogenated alkanes) is 2. The van der Waals surface area contributed by atoms with Gasteiger partial charge in [-0.3, -0.25) is 4.68 Å². The van der Waals surface area contributed by atoms with Gasteiger partial charge in [0.25, 0.3) is 0 Å². The van der Waals surface area contributed by atoms with Gasteiger partial charge in [-0.2, -0.15) is 5.10 Å². The molecule has 0 spiro atoms. The summed E-state index contributed by atoms with van der Waals surface area (Å²) in [7, 11) is -1.79. The lowest BCUT2D eigenvalue weighted by Crippen LogP contribution is -2.27. The first-order valence-electron chi connectivity index (χ1n) is 6.71. The third-order valence-electron chi connectivity index (χ3n) is 2.99. The first kappa shape index (κ1) is 16.1. The summed E-state index contributed by atoms with van der Waals surface area (Å²) in [5, 5.41) is 4.05. The second kappa shape index (κ2) is 7.62. The van der Waals surface area contributed by atoms with Crippen molar-refractivity contribution in [1.82, 2.24) is 14.1 Å². The van der Waals surface area contributed by atoms with Gasteiger partial charge in [0.15, 0.2) is 0 Å². The molecular formula is C12H24N4O2S. The van der Waals surface area contributed by atoms with E-state index < -0.39 is 10.0 Å². The van der Waals surface area contributed by atoms with Crippen LogP contribution in [0.4, 0.5) is 0 Å². The molecule has 0 aliphatic rings. The molecule has 110 valence electrons. The second-order valence-electron chi connectivity index (χ2n) is 4.62. The topological polar surface area (TPSA) is 81.2 Å². The predicted octanol–water partition coefficient (Wildman–Crippen LogP) is 1.04. The number of aromatic nitrogens is 2. The van der Waals surface area contributed by atoms with Crippen LogP contribution in [0.3, 0.4) is 0 Å². The average molecular weight is 288 g/mol. The highest BCUT2D eigenvalue weighted by atomic mass is 32.2. The van der Waals surface area contributed by atoms with Crippen LogP contribution in [0.5, 0.6) is 0 Å². The Morgan fingerprint density at radius 1 is 1.37 bits per heavy atom. The summed E-state index contributed by atoms with van der Waals surface area (Å²) in [6, 6.07) is 0. The molecule has 0 fully saturated rings. The monoisotopic (exact) mass is 288 g/mol. The van der Waals surface area contributed by atoms with Crippen LogP contribution in [0.2, 0.25) is 0 Å². The maximum atomic E-state index is 12.3. The van der Waals surface area contributed by atoms with Crippen LogP contribution in [0.15, 0.2) is 17.3 Å². The van der Waals surface area contributed by atoms with E-state index in [1.807, 2.05) is 0 Å². The van der Waals surface area contributed by atoms with Crippen molar-refractivity contribution < 1.29 is 8.42 Å². The van der Waals surface area contributed by atoms with Gasteiger partial charge in [0.2, 0.25) is 10.0 Å². The van der Waals surface area contributed by atoms with Gasteiger partial charge < -0.3 is 5.73 Å². The summed E-state index contributed by atoms with van der Waals surface area (Å²) in [4.78, 5) is 0.253. The van der Waals surface area contributed by atoms with E-state index in [-0.39, 0.29) is 4.90 Å². The molecule has 2 N–H and O–H groups in total. The van der Waals surface area contributed by atoms with Gasteiger partial charge in [0.1, 0.15) is 4.90 Å². The van der Waals surface area contributed by atoms with Gasteiger partial charge in [-0.1, -0.05) is 19.8 Å². The minimum absolute atomic E-state index is 0.253. The fourth-order valence-corrected chi connectivity index (χ4v) is 2.90. The van der Waals surface area contributed by atoms with Gasteiger partial charge >= 0.3 is 0 Å². The fraction of sp³-hybridized carbons (Fsp3) is 0.750. The SMILES string of the molecule is CCCCCN(C)S(=O)(=O)c1cnn(CCCN)c1. The molecule has 0 unspecified atom stereocenters. The average Bonchev–Trinajstić information content (AvgIpc) is 2.85. The maximum Gasteiger partial charge on any atom is 0.245 e. The van der Waals surface area contributed by atoms with Crippen molar-refractivity contribution in [2.75, 3.05) is 20.1 Å². The van der Waals surface area contributed by atoms with Crippen molar-refractivity contribution in [2.45, 2.75) is 44.0 Å². The zero-order valence-electron chi connectivity index (χ0n) is 11.7. The molecule has 0 saturated carbocycles. The molecule has 0 aliphatic heterocycles. The van der Waals surface area contributed by atoms with Gasteiger partial charge in [-0.05, 0) is 19.4 Å². The van der Waals surface area contributed by atoms with Crippen LogP contribution < -0.4 is 5.73 Å². The lowest BCUT2D eigenvalue weighted by Gasteiger charge is -2.15. The van der Waals surface area contributed by atoms with Crippen molar-refractivity contribution in [1.29, 1.82) is 0 Å². The van der Waals surface area contributed by atoms with Crippen LogP contribution >= 0.6 is 0 Å². The third-order valence-corrected chi connectivity index (χ3v) is 4.80. The molecule has 0 atom stereocenters. The Labute approximate surface area is 115 Å². The predicted molar refractivity (Wildman–Crippen MR) is 75.2 cm³/mol. The molecule has 7 heteroatoms. The fourth-order valence-electron chi connectivity index (χ4n) is 1.74. The molecule has 19 heavy (non-hydrogen) atoms. The van der Waals surface area contributed by atoms with Crippen LogP contribution in [0.1, 0.15) is 32.6 Å². The zero-order valence-corrected chi connectivity index (χ0v) is 12.6. The van der Waals surface area contributed by atoms with E-state index in [0.29, 0.717) is 19.6 Å². The van der Waals surface area contributed by atoms with Gasteiger partial charge in [-0.25, -0.2) is 12.7 Å². The number of hydrogen-bond donors (Lipinski definition) is 1. The summed E-state index contributed by atoms with van der Waals surface area (Å²) in [5.74, 6) is 0. The lowest BCUT2D eigenvalue weighted by molar-refractivity contribution is 0.454. The highest BCUT2D eigenvalue weighted by molar-refractivity contribution is 7.89. The van der Waals surface area contributed by atoms with Crippen LogP contribution in [0, 0.1) is 0 Å². The van der Waals surface area contributed by atoms with Gasteiger partial charge in [0.05, 0.1) is 6.20 Å². The van der Waals surface area contributed by atoms with Crippen molar-refractivity contribution >= 4 is 10.0 Å². The molecule has 0 amide bonds. The van der Waals surface area contributed by atoms with Crippen molar-refractivity contribution in [3.63, 3.8) is 0 Å². The Kier molecular flexibility index (Phi) is 6.47. The third kappa shape index (κ3) is 4.59. The van der Waals surface area contributed by atoms with E-state index in [1.54, 1.807) is 17.9 Å². The quantitative estimate of drug-likeness (QED) is 0.688. The Balaban J connectivity index is 2.68. The number of nitrogens with two attached hydrogens (primary N) is 1. The van der Waals surface area contributed by atoms with Crippen molar-refractivity contribution in [3.05, 3.63) is 12.4 Å². The molecule has 0 radical (unpaired) electrons. The summed E-state index contributed by atoms with van der Waals surface area (Å²) in [6.07, 6.45) is 6.76. The highest BCUT2D eigenvalue weighted by Crippen LogP contribution is 2.14. The molecular weight excluding hydrogens is 264 g/mol. The van der Waals surface area contributed by atoms with E-state index in [4.69, 9.17) is 5.73 Å². The second-order valence-corrected chi connectivity index (χ2v) is 6.66. The summed E-state index contributed by atoms with van der Waals surface area (Å²) >= 11 is 0. The Hall–Kier alpha value is -0.920. The Morgan fingerprint density at radius 2 is 2.11 bits per heavy atom. The molecule has 0 aromatic carbocycles. The Bertz CT molecular complexity index is 470. The molecule has 0 aliphatic carbocycles. The molecule has 0 saturated heterocycles. The molecule has 1 heterocycles. The van der Waals surface area contributed by atoms with E-state index in [9.17, 15) is 8.42 Å². The van der Waals surface area contributed by atoms with E-state index in [2.05, 4.69) is 12.0 Å². The normalized spacial score (nSPS) is 12.2. The van der Waals surface area contributed by atoms with Crippen LogP contribution in [-0.4, -0.2) is 42.6 Å². The molecule has 1 rings (SSSR count). The minimum atomic E-state index is -3.40. The number of aryl methyl sites for hydroxylation is 1. The largest absolute Gasteiger partial charge is 0.330 e. The molecule has 1 aromatic heterocycles. The zero-order chi connectivity index (χ0) is 14.3. The number of sulfonamides is 1. The van der Waals surface area contributed by atoms with Crippen molar-refractivity contribution in [3.8, 4) is 0 Å². The summed E-state index contributed by atoms with van der Waals surface area (Å²) in [6.45, 7) is 3.85. The number of nitrogens with zero attached hydrogens (tertiary/aromatic N) is 3. The summed E-state index contributed by atoms with van der Waals surface area (Å²) < 4.78 is 27.5. The summed E-state index contributed by atoms with van der Waals surface area (Å²) in [5.41, 5.74) is 5.42. The van der Waals surface area contributed by atoms with E-state index in [1.165, 1.54) is 10.5 Å². The smallest absolute Gasteiger partial charge is 0.245 e. The molecule has 0 bridgehead atoms. The van der Waals surface area contributed by atoms with Crippen LogP contribution in [-0.2, 0) is 16.6 Å². The van der Waals surface area contributed by atoms with Gasteiger partial charge in [0, 0.05) is 26.3 Å². The van der Waals surface area contributed by atoms with E-state index >= 15 is 0 Å². The first-order valence-corrected chi connectivity index (χ1v) is 8.15. The lowest BCUT2D eigenvalue weighted by atomic mass is 10.2. The minimum Gasteiger partial charge on any atom is -0.330 e. The molecule has 6 nitrogen and oxygen atoms in total. The molecule has 1 aromatic rings. The van der Waals surface area contributed by atoms with Gasteiger partial charge in [-0.15, -0.1) is 0 Å².